The minimum absolute atomic E-state index is 0.148. The Morgan fingerprint density at radius 1 is 0.917 bits per heavy atom. The van der Waals surface area contributed by atoms with Crippen molar-refractivity contribution in [2.45, 2.75) is 39.7 Å². The van der Waals surface area contributed by atoms with Crippen LogP contribution in [-0.2, 0) is 0 Å². The van der Waals surface area contributed by atoms with E-state index < -0.39 is 0 Å². The van der Waals surface area contributed by atoms with Crippen LogP contribution in [0.25, 0.3) is 0 Å². The van der Waals surface area contributed by atoms with Gasteiger partial charge in [0.15, 0.2) is 0 Å². The average molecular weight is 327 g/mol. The molecule has 0 aromatic heterocycles. The van der Waals surface area contributed by atoms with E-state index in [0.717, 1.165) is 43.2 Å². The van der Waals surface area contributed by atoms with Crippen LogP contribution < -0.4 is 14.8 Å². The molecule has 0 bridgehead atoms. The van der Waals surface area contributed by atoms with Crippen LogP contribution in [0.15, 0.2) is 54.6 Å². The number of benzene rings is 2. The first kappa shape index (κ1) is 18.2. The highest BCUT2D eigenvalue weighted by Gasteiger charge is 2.08. The summed E-state index contributed by atoms with van der Waals surface area (Å²) in [5.41, 5.74) is 1.08. The molecule has 130 valence electrons. The Bertz CT molecular complexity index is 566. The second kappa shape index (κ2) is 9.86. The largest absolute Gasteiger partial charge is 0.494 e. The molecule has 0 aliphatic rings. The van der Waals surface area contributed by atoms with Gasteiger partial charge in [0, 0.05) is 5.69 Å². The third-order valence-corrected chi connectivity index (χ3v) is 3.85. The lowest BCUT2D eigenvalue weighted by Crippen LogP contribution is -2.25. The van der Waals surface area contributed by atoms with Crippen LogP contribution in [0.3, 0.4) is 0 Å². The van der Waals surface area contributed by atoms with Crippen molar-refractivity contribution in [2.75, 3.05) is 18.5 Å². The zero-order valence-electron chi connectivity index (χ0n) is 15.0. The number of anilines is 1. The lowest BCUT2D eigenvalue weighted by molar-refractivity contribution is 0.210. The van der Waals surface area contributed by atoms with Gasteiger partial charge in [0.1, 0.15) is 17.6 Å². The van der Waals surface area contributed by atoms with Gasteiger partial charge >= 0.3 is 0 Å². The van der Waals surface area contributed by atoms with E-state index in [2.05, 4.69) is 38.2 Å². The first-order valence-corrected chi connectivity index (χ1v) is 8.85. The van der Waals surface area contributed by atoms with E-state index in [1.807, 2.05) is 42.5 Å². The van der Waals surface area contributed by atoms with Gasteiger partial charge in [-0.3, -0.25) is 0 Å². The fourth-order valence-electron chi connectivity index (χ4n) is 2.27. The third-order valence-electron chi connectivity index (χ3n) is 3.85. The molecule has 1 atom stereocenters. The SMILES string of the molecule is CC[C@@H](CNc1ccc(OCCC(C)C)cc1)Oc1ccccc1. The molecule has 0 fully saturated rings. The molecule has 24 heavy (non-hydrogen) atoms. The molecule has 0 saturated heterocycles. The molecule has 0 radical (unpaired) electrons. The molecule has 0 unspecified atom stereocenters. The Morgan fingerprint density at radius 3 is 2.25 bits per heavy atom. The normalized spacial score (nSPS) is 12.0. The van der Waals surface area contributed by atoms with Crippen molar-refractivity contribution in [3.63, 3.8) is 0 Å². The minimum Gasteiger partial charge on any atom is -0.494 e. The summed E-state index contributed by atoms with van der Waals surface area (Å²) in [6.45, 7) is 8.10. The summed E-state index contributed by atoms with van der Waals surface area (Å²) in [5, 5.41) is 3.44. The number of hydrogen-bond donors (Lipinski definition) is 1. The van der Waals surface area contributed by atoms with Crippen molar-refractivity contribution < 1.29 is 9.47 Å². The van der Waals surface area contributed by atoms with Gasteiger partial charge in [-0.2, -0.15) is 0 Å². The van der Waals surface area contributed by atoms with Crippen LogP contribution >= 0.6 is 0 Å². The highest BCUT2D eigenvalue weighted by atomic mass is 16.5. The highest BCUT2D eigenvalue weighted by molar-refractivity contribution is 5.46. The monoisotopic (exact) mass is 327 g/mol. The summed E-state index contributed by atoms with van der Waals surface area (Å²) >= 11 is 0. The van der Waals surface area contributed by atoms with Gasteiger partial charge in [-0.25, -0.2) is 0 Å². The van der Waals surface area contributed by atoms with Gasteiger partial charge in [0.25, 0.3) is 0 Å². The lowest BCUT2D eigenvalue weighted by atomic mass is 10.1. The van der Waals surface area contributed by atoms with E-state index in [-0.39, 0.29) is 6.10 Å². The summed E-state index contributed by atoms with van der Waals surface area (Å²) in [5.74, 6) is 2.51. The van der Waals surface area contributed by atoms with Gasteiger partial charge in [-0.15, -0.1) is 0 Å². The molecule has 2 aromatic rings. The molecule has 0 heterocycles. The summed E-state index contributed by atoms with van der Waals surface area (Å²) < 4.78 is 11.7. The van der Waals surface area contributed by atoms with Crippen molar-refractivity contribution >= 4 is 5.69 Å². The topological polar surface area (TPSA) is 30.5 Å². The van der Waals surface area contributed by atoms with Gasteiger partial charge in [0.05, 0.1) is 13.2 Å². The number of nitrogens with one attached hydrogen (secondary N) is 1. The molecule has 3 nitrogen and oxygen atoms in total. The Balaban J connectivity index is 1.78. The van der Waals surface area contributed by atoms with E-state index in [1.54, 1.807) is 0 Å². The fraction of sp³-hybridized carbons (Fsp3) is 0.429. The van der Waals surface area contributed by atoms with E-state index in [9.17, 15) is 0 Å². The maximum atomic E-state index is 6.00. The first-order chi connectivity index (χ1) is 11.7. The molecule has 1 N–H and O–H groups in total. The average Bonchev–Trinajstić information content (AvgIpc) is 2.60. The first-order valence-electron chi connectivity index (χ1n) is 8.85. The van der Waals surface area contributed by atoms with Gasteiger partial charge in [0.2, 0.25) is 0 Å². The molecular formula is C21H29NO2. The second-order valence-corrected chi connectivity index (χ2v) is 6.40. The molecule has 0 spiro atoms. The highest BCUT2D eigenvalue weighted by Crippen LogP contribution is 2.17. The summed E-state index contributed by atoms with van der Waals surface area (Å²) in [6, 6.07) is 18.1. The molecule has 0 amide bonds. The molecular weight excluding hydrogens is 298 g/mol. The Labute approximate surface area is 146 Å². The Kier molecular flexibility index (Phi) is 7.47. The van der Waals surface area contributed by atoms with Crippen LogP contribution in [0.4, 0.5) is 5.69 Å². The smallest absolute Gasteiger partial charge is 0.119 e. The maximum absolute atomic E-state index is 6.00. The van der Waals surface area contributed by atoms with Crippen molar-refractivity contribution in [1.82, 2.24) is 0 Å². The number of para-hydroxylation sites is 1. The molecule has 0 aliphatic carbocycles. The number of hydrogen-bond acceptors (Lipinski definition) is 3. The Morgan fingerprint density at radius 2 is 1.62 bits per heavy atom. The molecule has 3 heteroatoms. The van der Waals surface area contributed by atoms with E-state index in [0.29, 0.717) is 5.92 Å². The minimum atomic E-state index is 0.148. The molecule has 0 saturated carbocycles. The number of ether oxygens (including phenoxy) is 2. The molecule has 2 rings (SSSR count). The molecule has 0 aliphatic heterocycles. The van der Waals surface area contributed by atoms with Crippen LogP contribution in [0.5, 0.6) is 11.5 Å². The van der Waals surface area contributed by atoms with Gasteiger partial charge in [-0.1, -0.05) is 39.0 Å². The number of rotatable bonds is 10. The predicted molar refractivity (Wildman–Crippen MR) is 101 cm³/mol. The van der Waals surface area contributed by atoms with Crippen molar-refractivity contribution in [3.8, 4) is 11.5 Å². The van der Waals surface area contributed by atoms with E-state index in [1.165, 1.54) is 0 Å². The van der Waals surface area contributed by atoms with Gasteiger partial charge < -0.3 is 14.8 Å². The fourth-order valence-corrected chi connectivity index (χ4v) is 2.27. The van der Waals surface area contributed by atoms with E-state index in [4.69, 9.17) is 9.47 Å². The van der Waals surface area contributed by atoms with Crippen molar-refractivity contribution in [3.05, 3.63) is 54.6 Å². The van der Waals surface area contributed by atoms with Crippen molar-refractivity contribution in [2.24, 2.45) is 5.92 Å². The predicted octanol–water partition coefficient (Wildman–Crippen LogP) is 5.38. The van der Waals surface area contributed by atoms with E-state index >= 15 is 0 Å². The van der Waals surface area contributed by atoms with Gasteiger partial charge in [-0.05, 0) is 55.2 Å². The third kappa shape index (κ3) is 6.53. The standard InChI is InChI=1S/C21H29NO2/c1-4-19(24-21-8-6-5-7-9-21)16-22-18-10-12-20(13-11-18)23-15-14-17(2)3/h5-13,17,19,22H,4,14-16H2,1-3H3/t19-/m0/s1. The van der Waals surface area contributed by atoms with Crippen LogP contribution in [0.1, 0.15) is 33.6 Å². The van der Waals surface area contributed by atoms with Crippen LogP contribution in [0.2, 0.25) is 0 Å². The quantitative estimate of drug-likeness (QED) is 0.635. The lowest BCUT2D eigenvalue weighted by Gasteiger charge is -2.19. The van der Waals surface area contributed by atoms with Crippen LogP contribution in [-0.4, -0.2) is 19.3 Å². The Hall–Kier alpha value is -2.16. The summed E-state index contributed by atoms with van der Waals surface area (Å²) in [4.78, 5) is 0. The maximum Gasteiger partial charge on any atom is 0.119 e. The summed E-state index contributed by atoms with van der Waals surface area (Å²) in [6.07, 6.45) is 2.18. The summed E-state index contributed by atoms with van der Waals surface area (Å²) in [7, 11) is 0. The molecule has 2 aromatic carbocycles. The zero-order chi connectivity index (χ0) is 17.2. The van der Waals surface area contributed by atoms with Crippen LogP contribution in [0, 0.1) is 5.92 Å². The zero-order valence-corrected chi connectivity index (χ0v) is 15.0. The second-order valence-electron chi connectivity index (χ2n) is 6.40. The van der Waals surface area contributed by atoms with Crippen molar-refractivity contribution in [1.29, 1.82) is 0 Å².